The van der Waals surface area contributed by atoms with Gasteiger partial charge in [-0.1, -0.05) is 30.3 Å². The molecule has 6 heteroatoms. The molecular weight excluding hydrogens is 257 g/mol. The van der Waals surface area contributed by atoms with E-state index in [1.54, 1.807) is 0 Å². The predicted molar refractivity (Wildman–Crippen MR) is 66.5 cm³/mol. The van der Waals surface area contributed by atoms with E-state index in [1.165, 1.54) is 4.90 Å². The van der Waals surface area contributed by atoms with Crippen molar-refractivity contribution in [2.75, 3.05) is 19.6 Å². The van der Waals surface area contributed by atoms with Crippen LogP contribution in [0.1, 0.15) is 12.0 Å². The second-order valence-corrected chi connectivity index (χ2v) is 4.20. The van der Waals surface area contributed by atoms with Gasteiger partial charge in [0.1, 0.15) is 6.42 Å². The van der Waals surface area contributed by atoms with Crippen molar-refractivity contribution in [2.24, 2.45) is 5.73 Å². The van der Waals surface area contributed by atoms with Crippen LogP contribution in [0.5, 0.6) is 0 Å². The van der Waals surface area contributed by atoms with Crippen LogP contribution in [-0.4, -0.2) is 36.6 Å². The summed E-state index contributed by atoms with van der Waals surface area (Å²) >= 11 is 0. The summed E-state index contributed by atoms with van der Waals surface area (Å²) in [6.07, 6.45) is -5.39. The van der Waals surface area contributed by atoms with Crippen molar-refractivity contribution in [3.63, 3.8) is 0 Å². The van der Waals surface area contributed by atoms with Gasteiger partial charge in [-0.15, -0.1) is 0 Å². The molecule has 0 aliphatic rings. The van der Waals surface area contributed by atoms with Crippen LogP contribution in [0.2, 0.25) is 0 Å². The summed E-state index contributed by atoms with van der Waals surface area (Å²) in [5.74, 6) is -0.922. The average Bonchev–Trinajstić information content (AvgIpc) is 2.33. The summed E-state index contributed by atoms with van der Waals surface area (Å²) in [6.45, 7) is 0.538. The molecule has 3 nitrogen and oxygen atoms in total. The summed E-state index contributed by atoms with van der Waals surface area (Å²) in [7, 11) is 0. The fraction of sp³-hybridized carbons (Fsp3) is 0.462. The Morgan fingerprint density at radius 3 is 2.32 bits per heavy atom. The number of nitrogens with zero attached hydrogens (tertiary/aromatic N) is 1. The highest BCUT2D eigenvalue weighted by molar-refractivity contribution is 5.76. The van der Waals surface area contributed by atoms with Crippen LogP contribution in [-0.2, 0) is 11.2 Å². The molecule has 0 fully saturated rings. The molecule has 0 saturated heterocycles. The molecule has 2 N–H and O–H groups in total. The highest BCUT2D eigenvalue weighted by Crippen LogP contribution is 2.20. The third kappa shape index (κ3) is 6.24. The maximum absolute atomic E-state index is 12.2. The first-order valence-corrected chi connectivity index (χ1v) is 6.01. The van der Waals surface area contributed by atoms with E-state index in [-0.39, 0.29) is 19.6 Å². The Balaban J connectivity index is 2.55. The van der Waals surface area contributed by atoms with Gasteiger partial charge in [0, 0.05) is 19.6 Å². The lowest BCUT2D eigenvalue weighted by Gasteiger charge is -2.22. The molecular formula is C13H17F3N2O. The fourth-order valence-corrected chi connectivity index (χ4v) is 1.71. The second kappa shape index (κ2) is 7.13. The molecule has 0 spiro atoms. The number of carbonyl (C=O) groups is 1. The summed E-state index contributed by atoms with van der Waals surface area (Å²) in [5.41, 5.74) is 6.30. The molecule has 1 aromatic carbocycles. The number of benzene rings is 1. The molecule has 1 aromatic rings. The fourth-order valence-electron chi connectivity index (χ4n) is 1.71. The van der Waals surface area contributed by atoms with Gasteiger partial charge < -0.3 is 10.6 Å². The molecule has 106 valence electrons. The van der Waals surface area contributed by atoms with Gasteiger partial charge >= 0.3 is 6.18 Å². The molecule has 0 saturated carbocycles. The first kappa shape index (κ1) is 15.5. The van der Waals surface area contributed by atoms with Crippen LogP contribution >= 0.6 is 0 Å². The van der Waals surface area contributed by atoms with Crippen LogP contribution in [0, 0.1) is 0 Å². The highest BCUT2D eigenvalue weighted by Gasteiger charge is 2.33. The molecule has 0 unspecified atom stereocenters. The summed E-state index contributed by atoms with van der Waals surface area (Å²) < 4.78 is 36.6. The number of rotatable bonds is 6. The Morgan fingerprint density at radius 2 is 1.79 bits per heavy atom. The van der Waals surface area contributed by atoms with Crippen molar-refractivity contribution >= 4 is 5.91 Å². The molecule has 0 atom stereocenters. The number of halogens is 3. The second-order valence-electron chi connectivity index (χ2n) is 4.20. The number of hydrogen-bond acceptors (Lipinski definition) is 2. The first-order valence-electron chi connectivity index (χ1n) is 6.01. The van der Waals surface area contributed by atoms with E-state index >= 15 is 0 Å². The van der Waals surface area contributed by atoms with E-state index in [9.17, 15) is 18.0 Å². The van der Waals surface area contributed by atoms with Crippen molar-refractivity contribution in [1.29, 1.82) is 0 Å². The van der Waals surface area contributed by atoms with E-state index in [4.69, 9.17) is 5.73 Å². The minimum Gasteiger partial charge on any atom is -0.341 e. The highest BCUT2D eigenvalue weighted by atomic mass is 19.4. The third-order valence-electron chi connectivity index (χ3n) is 2.62. The Labute approximate surface area is 110 Å². The quantitative estimate of drug-likeness (QED) is 0.862. The van der Waals surface area contributed by atoms with Gasteiger partial charge in [0.2, 0.25) is 5.91 Å². The van der Waals surface area contributed by atoms with E-state index in [1.807, 2.05) is 30.3 Å². The Morgan fingerprint density at radius 1 is 1.16 bits per heavy atom. The van der Waals surface area contributed by atoms with Gasteiger partial charge in [0.15, 0.2) is 0 Å². The van der Waals surface area contributed by atoms with Crippen molar-refractivity contribution in [1.82, 2.24) is 4.90 Å². The largest absolute Gasteiger partial charge is 0.397 e. The molecule has 0 aromatic heterocycles. The van der Waals surface area contributed by atoms with Crippen LogP contribution in [0.25, 0.3) is 0 Å². The number of alkyl halides is 3. The topological polar surface area (TPSA) is 46.3 Å². The third-order valence-corrected chi connectivity index (χ3v) is 2.62. The van der Waals surface area contributed by atoms with E-state index in [2.05, 4.69) is 0 Å². The van der Waals surface area contributed by atoms with Crippen LogP contribution in [0.15, 0.2) is 30.3 Å². The zero-order chi connectivity index (χ0) is 14.3. The number of nitrogens with two attached hydrogens (primary N) is 1. The Kier molecular flexibility index (Phi) is 5.82. The number of amides is 1. The lowest BCUT2D eigenvalue weighted by molar-refractivity contribution is -0.161. The standard InChI is InChI=1S/C13H17F3N2O/c14-13(15,16)10-12(19)18(9-7-17)8-6-11-4-2-1-3-5-11/h1-5H,6-10,17H2. The van der Waals surface area contributed by atoms with Crippen LogP contribution < -0.4 is 5.73 Å². The average molecular weight is 274 g/mol. The van der Waals surface area contributed by atoms with Crippen molar-refractivity contribution in [2.45, 2.75) is 19.0 Å². The molecule has 0 heterocycles. The molecule has 0 aliphatic heterocycles. The first-order chi connectivity index (χ1) is 8.92. The predicted octanol–water partition coefficient (Wildman–Crippen LogP) is 1.97. The molecule has 0 radical (unpaired) electrons. The lowest BCUT2D eigenvalue weighted by Crippen LogP contribution is -2.39. The summed E-state index contributed by atoms with van der Waals surface area (Å²) in [5, 5.41) is 0. The van der Waals surface area contributed by atoms with Crippen molar-refractivity contribution in [3.8, 4) is 0 Å². The van der Waals surface area contributed by atoms with Gasteiger partial charge in [-0.2, -0.15) is 13.2 Å². The SMILES string of the molecule is NCCN(CCc1ccccc1)C(=O)CC(F)(F)F. The molecule has 19 heavy (non-hydrogen) atoms. The van der Waals surface area contributed by atoms with E-state index in [0.29, 0.717) is 6.42 Å². The van der Waals surface area contributed by atoms with E-state index in [0.717, 1.165) is 5.56 Å². The zero-order valence-electron chi connectivity index (χ0n) is 10.5. The van der Waals surface area contributed by atoms with Crippen molar-refractivity contribution in [3.05, 3.63) is 35.9 Å². The van der Waals surface area contributed by atoms with Gasteiger partial charge in [-0.05, 0) is 12.0 Å². The van der Waals surface area contributed by atoms with Gasteiger partial charge in [0.05, 0.1) is 0 Å². The van der Waals surface area contributed by atoms with Gasteiger partial charge in [0.25, 0.3) is 0 Å². The van der Waals surface area contributed by atoms with Crippen LogP contribution in [0.3, 0.4) is 0 Å². The maximum atomic E-state index is 12.2. The Bertz CT molecular complexity index is 393. The maximum Gasteiger partial charge on any atom is 0.397 e. The molecule has 0 bridgehead atoms. The van der Waals surface area contributed by atoms with Gasteiger partial charge in [-0.25, -0.2) is 0 Å². The monoisotopic (exact) mass is 274 g/mol. The lowest BCUT2D eigenvalue weighted by atomic mass is 10.1. The van der Waals surface area contributed by atoms with E-state index < -0.39 is 18.5 Å². The number of carbonyl (C=O) groups excluding carboxylic acids is 1. The normalized spacial score (nSPS) is 11.4. The molecule has 1 amide bonds. The van der Waals surface area contributed by atoms with Crippen molar-refractivity contribution < 1.29 is 18.0 Å². The summed E-state index contributed by atoms with van der Waals surface area (Å²) in [6, 6.07) is 9.29. The Hall–Kier alpha value is -1.56. The summed E-state index contributed by atoms with van der Waals surface area (Å²) in [4.78, 5) is 12.7. The molecule has 0 aliphatic carbocycles. The molecule has 1 rings (SSSR count). The zero-order valence-corrected chi connectivity index (χ0v) is 10.5. The smallest absolute Gasteiger partial charge is 0.341 e. The minimum absolute atomic E-state index is 0.141. The van der Waals surface area contributed by atoms with Gasteiger partial charge in [-0.3, -0.25) is 4.79 Å². The van der Waals surface area contributed by atoms with Crippen LogP contribution in [0.4, 0.5) is 13.2 Å². The number of hydrogen-bond donors (Lipinski definition) is 1. The minimum atomic E-state index is -4.48.